The number of benzene rings is 2. The third-order valence-electron chi connectivity index (χ3n) is 3.45. The average Bonchev–Trinajstić information content (AvgIpc) is 2.51. The fourth-order valence-corrected chi connectivity index (χ4v) is 2.25. The molecule has 0 spiro atoms. The van der Waals surface area contributed by atoms with E-state index in [9.17, 15) is 9.59 Å². The molecule has 0 saturated heterocycles. The van der Waals surface area contributed by atoms with E-state index >= 15 is 0 Å². The highest BCUT2D eigenvalue weighted by atomic mass is 16.2. The molecule has 4 nitrogen and oxygen atoms in total. The third kappa shape index (κ3) is 2.96. The largest absolute Gasteiger partial charge is 0.357 e. The van der Waals surface area contributed by atoms with E-state index in [0.29, 0.717) is 12.8 Å². The van der Waals surface area contributed by atoms with Gasteiger partial charge in [0.25, 0.3) is 0 Å². The number of carbonyl (C=O) groups is 2. The van der Waals surface area contributed by atoms with E-state index in [2.05, 4.69) is 11.4 Å². The van der Waals surface area contributed by atoms with Crippen LogP contribution < -0.4 is 5.32 Å². The Bertz CT molecular complexity index is 625. The first-order valence-electron chi connectivity index (χ1n) is 6.52. The van der Waals surface area contributed by atoms with Gasteiger partial charge < -0.3 is 10.2 Å². The van der Waals surface area contributed by atoms with Crippen LogP contribution in [0.4, 0.5) is 0 Å². The molecule has 0 aromatic heterocycles. The zero-order valence-electron chi connectivity index (χ0n) is 11.7. The van der Waals surface area contributed by atoms with Crippen molar-refractivity contribution < 1.29 is 9.59 Å². The molecule has 2 amide bonds. The standard InChI is InChI=1S/C16H18N2O2/c1-17-16(20)15(18(2)11-19)10-12-7-8-13-5-3-4-6-14(13)9-12/h3-9,11,15H,10H2,1-2H3,(H,17,20). The third-order valence-corrected chi connectivity index (χ3v) is 3.45. The Morgan fingerprint density at radius 1 is 1.25 bits per heavy atom. The van der Waals surface area contributed by atoms with Gasteiger partial charge in [-0.15, -0.1) is 0 Å². The zero-order chi connectivity index (χ0) is 14.5. The van der Waals surface area contributed by atoms with Crippen LogP contribution >= 0.6 is 0 Å². The second-order valence-corrected chi connectivity index (χ2v) is 4.79. The minimum atomic E-state index is -0.487. The molecular formula is C16H18N2O2. The van der Waals surface area contributed by atoms with Crippen molar-refractivity contribution in [2.45, 2.75) is 12.5 Å². The Kier molecular flexibility index (Phi) is 4.35. The first-order chi connectivity index (χ1) is 9.65. The summed E-state index contributed by atoms with van der Waals surface area (Å²) in [5.74, 6) is -0.159. The average molecular weight is 270 g/mol. The molecule has 0 heterocycles. The second-order valence-electron chi connectivity index (χ2n) is 4.79. The first-order valence-corrected chi connectivity index (χ1v) is 6.52. The van der Waals surface area contributed by atoms with Crippen molar-refractivity contribution in [2.75, 3.05) is 14.1 Å². The summed E-state index contributed by atoms with van der Waals surface area (Å²) < 4.78 is 0. The van der Waals surface area contributed by atoms with Gasteiger partial charge in [0.15, 0.2) is 0 Å². The summed E-state index contributed by atoms with van der Waals surface area (Å²) in [6.45, 7) is 0. The van der Waals surface area contributed by atoms with Crippen molar-refractivity contribution in [3.8, 4) is 0 Å². The van der Waals surface area contributed by atoms with E-state index in [0.717, 1.165) is 16.3 Å². The fourth-order valence-electron chi connectivity index (χ4n) is 2.25. The molecule has 2 aromatic carbocycles. The van der Waals surface area contributed by atoms with Crippen LogP contribution in [-0.4, -0.2) is 37.4 Å². The van der Waals surface area contributed by atoms with E-state index in [4.69, 9.17) is 0 Å². The maximum Gasteiger partial charge on any atom is 0.242 e. The Morgan fingerprint density at radius 3 is 2.60 bits per heavy atom. The molecule has 0 saturated carbocycles. The molecule has 0 bridgehead atoms. The summed E-state index contributed by atoms with van der Waals surface area (Å²) in [6, 6.07) is 13.7. The SMILES string of the molecule is CNC(=O)C(Cc1ccc2ccccc2c1)N(C)C=O. The normalized spacial score (nSPS) is 11.9. The summed E-state index contributed by atoms with van der Waals surface area (Å²) in [4.78, 5) is 24.2. The van der Waals surface area contributed by atoms with E-state index in [1.165, 1.54) is 4.90 Å². The lowest BCUT2D eigenvalue weighted by atomic mass is 10.0. The Hall–Kier alpha value is -2.36. The molecule has 0 aliphatic rings. The highest BCUT2D eigenvalue weighted by molar-refractivity contribution is 5.85. The predicted molar refractivity (Wildman–Crippen MR) is 79.3 cm³/mol. The topological polar surface area (TPSA) is 49.4 Å². The number of rotatable bonds is 5. The number of carbonyl (C=O) groups excluding carboxylic acids is 2. The number of hydrogen-bond donors (Lipinski definition) is 1. The lowest BCUT2D eigenvalue weighted by Gasteiger charge is -2.23. The first kappa shape index (κ1) is 14.1. The van der Waals surface area contributed by atoms with Gasteiger partial charge >= 0.3 is 0 Å². The minimum Gasteiger partial charge on any atom is -0.357 e. The van der Waals surface area contributed by atoms with Crippen molar-refractivity contribution in [1.29, 1.82) is 0 Å². The van der Waals surface area contributed by atoms with Gasteiger partial charge in [-0.1, -0.05) is 42.5 Å². The molecule has 0 aliphatic heterocycles. The Labute approximate surface area is 118 Å². The van der Waals surface area contributed by atoms with Crippen molar-refractivity contribution in [3.63, 3.8) is 0 Å². The van der Waals surface area contributed by atoms with Gasteiger partial charge in [-0.3, -0.25) is 9.59 Å². The maximum atomic E-state index is 11.9. The summed E-state index contributed by atoms with van der Waals surface area (Å²) in [6.07, 6.45) is 1.18. The zero-order valence-corrected chi connectivity index (χ0v) is 11.7. The summed E-state index contributed by atoms with van der Waals surface area (Å²) in [7, 11) is 3.20. The fraction of sp³-hybridized carbons (Fsp3) is 0.250. The van der Waals surface area contributed by atoms with Gasteiger partial charge in [-0.05, 0) is 16.3 Å². The molecular weight excluding hydrogens is 252 g/mol. The highest BCUT2D eigenvalue weighted by Gasteiger charge is 2.21. The number of hydrogen-bond acceptors (Lipinski definition) is 2. The molecule has 0 fully saturated rings. The lowest BCUT2D eigenvalue weighted by molar-refractivity contribution is -0.131. The van der Waals surface area contributed by atoms with Crippen LogP contribution in [0, 0.1) is 0 Å². The van der Waals surface area contributed by atoms with Crippen molar-refractivity contribution in [3.05, 3.63) is 48.0 Å². The lowest BCUT2D eigenvalue weighted by Crippen LogP contribution is -2.44. The number of amides is 2. The van der Waals surface area contributed by atoms with Crippen LogP contribution in [-0.2, 0) is 16.0 Å². The molecule has 2 aromatic rings. The number of nitrogens with zero attached hydrogens (tertiary/aromatic N) is 1. The monoisotopic (exact) mass is 270 g/mol. The minimum absolute atomic E-state index is 0.159. The highest BCUT2D eigenvalue weighted by Crippen LogP contribution is 2.17. The summed E-state index contributed by atoms with van der Waals surface area (Å²) >= 11 is 0. The van der Waals surface area contributed by atoms with Crippen LogP contribution in [0.2, 0.25) is 0 Å². The molecule has 0 aliphatic carbocycles. The van der Waals surface area contributed by atoms with E-state index in [-0.39, 0.29) is 5.91 Å². The van der Waals surface area contributed by atoms with Crippen molar-refractivity contribution >= 4 is 23.1 Å². The van der Waals surface area contributed by atoms with Crippen molar-refractivity contribution in [1.82, 2.24) is 10.2 Å². The van der Waals surface area contributed by atoms with Gasteiger partial charge in [-0.2, -0.15) is 0 Å². The van der Waals surface area contributed by atoms with Gasteiger partial charge in [-0.25, -0.2) is 0 Å². The van der Waals surface area contributed by atoms with Crippen LogP contribution in [0.1, 0.15) is 5.56 Å². The van der Waals surface area contributed by atoms with Gasteiger partial charge in [0.05, 0.1) is 0 Å². The number of likely N-dealkylation sites (N-methyl/N-ethyl adjacent to an activating group) is 2. The Morgan fingerprint density at radius 2 is 1.95 bits per heavy atom. The molecule has 104 valence electrons. The van der Waals surface area contributed by atoms with Crippen LogP contribution in [0.3, 0.4) is 0 Å². The summed E-state index contributed by atoms with van der Waals surface area (Å²) in [5.41, 5.74) is 1.03. The smallest absolute Gasteiger partial charge is 0.242 e. The Balaban J connectivity index is 2.28. The van der Waals surface area contributed by atoms with Crippen LogP contribution in [0.15, 0.2) is 42.5 Å². The molecule has 4 heteroatoms. The molecule has 0 radical (unpaired) electrons. The van der Waals surface area contributed by atoms with E-state index in [1.807, 2.05) is 36.4 Å². The van der Waals surface area contributed by atoms with E-state index < -0.39 is 6.04 Å². The van der Waals surface area contributed by atoms with Gasteiger partial charge in [0.2, 0.25) is 12.3 Å². The van der Waals surface area contributed by atoms with E-state index in [1.54, 1.807) is 14.1 Å². The predicted octanol–water partition coefficient (Wildman–Crippen LogP) is 1.59. The van der Waals surface area contributed by atoms with Crippen LogP contribution in [0.5, 0.6) is 0 Å². The molecule has 1 N–H and O–H groups in total. The molecule has 1 unspecified atom stereocenters. The quantitative estimate of drug-likeness (QED) is 0.839. The molecule has 20 heavy (non-hydrogen) atoms. The number of fused-ring (bicyclic) bond motifs is 1. The van der Waals surface area contributed by atoms with Crippen LogP contribution in [0.25, 0.3) is 10.8 Å². The van der Waals surface area contributed by atoms with Crippen molar-refractivity contribution in [2.24, 2.45) is 0 Å². The maximum absolute atomic E-state index is 11.9. The summed E-state index contributed by atoms with van der Waals surface area (Å²) in [5, 5.41) is 4.90. The number of nitrogens with one attached hydrogen (secondary N) is 1. The molecule has 2 rings (SSSR count). The molecule has 1 atom stereocenters. The second kappa shape index (κ2) is 6.19. The van der Waals surface area contributed by atoms with Gasteiger partial charge in [0, 0.05) is 20.5 Å². The van der Waals surface area contributed by atoms with Gasteiger partial charge in [0.1, 0.15) is 6.04 Å².